The molecule has 3 aromatic rings. The average molecular weight is 386 g/mol. The average Bonchev–Trinajstić information content (AvgIpc) is 2.96. The molecule has 3 rings (SSSR count). The molecule has 0 aliphatic rings. The fraction of sp³-hybridized carbons (Fsp3) is 0.111. The minimum atomic E-state index is -0.167. The van der Waals surface area contributed by atoms with Crippen molar-refractivity contribution in [3.63, 3.8) is 0 Å². The number of hydrogen-bond acceptors (Lipinski definition) is 3. The third-order valence-corrected chi connectivity index (χ3v) is 4.14. The van der Waals surface area contributed by atoms with Crippen molar-refractivity contribution in [1.29, 1.82) is 0 Å². The first-order chi connectivity index (χ1) is 11.5. The molecule has 1 amide bonds. The highest BCUT2D eigenvalue weighted by Crippen LogP contribution is 2.29. The second-order valence-electron chi connectivity index (χ2n) is 5.56. The summed E-state index contributed by atoms with van der Waals surface area (Å²) >= 11 is 3.44. The number of fused-ring (bicyclic) bond motifs is 1. The lowest BCUT2D eigenvalue weighted by molar-refractivity contribution is 0.0792. The molecule has 0 aliphatic carbocycles. The number of H-pyrrole nitrogens is 1. The fourth-order valence-corrected chi connectivity index (χ4v) is 2.91. The number of rotatable bonds is 4. The van der Waals surface area contributed by atoms with Crippen molar-refractivity contribution in [2.24, 2.45) is 0 Å². The third-order valence-electron chi connectivity index (χ3n) is 3.71. The van der Waals surface area contributed by atoms with Gasteiger partial charge in [-0.25, -0.2) is 4.98 Å². The summed E-state index contributed by atoms with van der Waals surface area (Å²) in [5, 5.41) is 10.2. The first-order valence-corrected chi connectivity index (χ1v) is 8.10. The van der Waals surface area contributed by atoms with Crippen LogP contribution in [0.25, 0.3) is 22.2 Å². The van der Waals surface area contributed by atoms with Crippen LogP contribution in [0.4, 0.5) is 0 Å². The number of pyridine rings is 1. The number of aromatic amines is 1. The van der Waals surface area contributed by atoms with E-state index in [1.54, 1.807) is 25.4 Å². The summed E-state index contributed by atoms with van der Waals surface area (Å²) in [7, 11) is 1.63. The summed E-state index contributed by atoms with van der Waals surface area (Å²) < 4.78 is 0.911. The summed E-state index contributed by atoms with van der Waals surface area (Å²) in [6.07, 6.45) is 3.65. The lowest BCUT2D eigenvalue weighted by atomic mass is 10.0. The molecule has 0 atom stereocenters. The molecule has 0 spiro atoms. The van der Waals surface area contributed by atoms with Crippen LogP contribution in [0.3, 0.4) is 0 Å². The van der Waals surface area contributed by atoms with Crippen molar-refractivity contribution in [3.05, 3.63) is 65.1 Å². The highest BCUT2D eigenvalue weighted by atomic mass is 79.9. The molecule has 2 heterocycles. The standard InChI is InChI=1S/C18H16BrN3O2/c1-11(23)10-22(2)18(24)13-5-3-12(4-6-13)16-9-21-17-15(16)7-14(19)8-20-17/h3-9,23H,1,10H2,2H3,(H,20,21). The molecule has 0 saturated heterocycles. The largest absolute Gasteiger partial charge is 0.511 e. The van der Waals surface area contributed by atoms with Gasteiger partial charge in [0.05, 0.1) is 6.54 Å². The second-order valence-corrected chi connectivity index (χ2v) is 6.47. The molecule has 0 bridgehead atoms. The van der Waals surface area contributed by atoms with E-state index in [-0.39, 0.29) is 18.2 Å². The summed E-state index contributed by atoms with van der Waals surface area (Å²) in [6, 6.07) is 9.36. The number of benzene rings is 1. The van der Waals surface area contributed by atoms with Crippen molar-refractivity contribution in [1.82, 2.24) is 14.9 Å². The van der Waals surface area contributed by atoms with Crippen LogP contribution in [0.1, 0.15) is 10.4 Å². The van der Waals surface area contributed by atoms with Gasteiger partial charge >= 0.3 is 0 Å². The maximum Gasteiger partial charge on any atom is 0.254 e. The Morgan fingerprint density at radius 3 is 2.75 bits per heavy atom. The normalized spacial score (nSPS) is 10.8. The van der Waals surface area contributed by atoms with Crippen LogP contribution in [0.2, 0.25) is 0 Å². The van der Waals surface area contributed by atoms with Crippen LogP contribution < -0.4 is 0 Å². The Labute approximate surface area is 147 Å². The zero-order valence-corrected chi connectivity index (χ0v) is 14.7. The van der Waals surface area contributed by atoms with Gasteiger partial charge in [0, 0.05) is 40.4 Å². The number of hydrogen-bond donors (Lipinski definition) is 2. The molecule has 0 unspecified atom stereocenters. The second kappa shape index (κ2) is 6.49. The minimum Gasteiger partial charge on any atom is -0.511 e. The van der Waals surface area contributed by atoms with Crippen LogP contribution in [-0.4, -0.2) is 39.5 Å². The summed E-state index contributed by atoms with van der Waals surface area (Å²) in [6.45, 7) is 3.52. The van der Waals surface area contributed by atoms with Crippen LogP contribution in [-0.2, 0) is 0 Å². The molecule has 5 nitrogen and oxygen atoms in total. The van der Waals surface area contributed by atoms with E-state index in [0.29, 0.717) is 5.56 Å². The monoisotopic (exact) mass is 385 g/mol. The Balaban J connectivity index is 1.90. The molecule has 0 fully saturated rings. The van der Waals surface area contributed by atoms with Crippen molar-refractivity contribution in [3.8, 4) is 11.1 Å². The Hall–Kier alpha value is -2.60. The highest BCUT2D eigenvalue weighted by Gasteiger charge is 2.13. The van der Waals surface area contributed by atoms with Gasteiger partial charge < -0.3 is 15.0 Å². The number of nitrogens with zero attached hydrogens (tertiary/aromatic N) is 2. The van der Waals surface area contributed by atoms with E-state index in [2.05, 4.69) is 32.5 Å². The van der Waals surface area contributed by atoms with E-state index in [9.17, 15) is 9.90 Å². The van der Waals surface area contributed by atoms with Gasteiger partial charge in [0.25, 0.3) is 5.91 Å². The van der Waals surface area contributed by atoms with Crippen LogP contribution >= 0.6 is 15.9 Å². The van der Waals surface area contributed by atoms with Crippen molar-refractivity contribution in [2.75, 3.05) is 13.6 Å². The predicted molar refractivity (Wildman–Crippen MR) is 98.0 cm³/mol. The minimum absolute atomic E-state index is 0.0423. The SMILES string of the molecule is C=C(O)CN(C)C(=O)c1ccc(-c2c[nH]c3ncc(Br)cc23)cc1. The van der Waals surface area contributed by atoms with E-state index in [1.165, 1.54) is 4.90 Å². The van der Waals surface area contributed by atoms with Crippen molar-refractivity contribution in [2.45, 2.75) is 0 Å². The molecule has 1 aromatic carbocycles. The number of nitrogens with one attached hydrogen (secondary N) is 1. The predicted octanol–water partition coefficient (Wildman–Crippen LogP) is 4.14. The third kappa shape index (κ3) is 3.19. The van der Waals surface area contributed by atoms with Gasteiger partial charge in [-0.15, -0.1) is 0 Å². The van der Waals surface area contributed by atoms with Crippen LogP contribution in [0, 0.1) is 0 Å². The number of aliphatic hydroxyl groups is 1. The van der Waals surface area contributed by atoms with Crippen LogP contribution in [0.15, 0.2) is 59.5 Å². The Morgan fingerprint density at radius 1 is 1.38 bits per heavy atom. The van der Waals surface area contributed by atoms with E-state index >= 15 is 0 Å². The van der Waals surface area contributed by atoms with Crippen LogP contribution in [0.5, 0.6) is 0 Å². The van der Waals surface area contributed by atoms with E-state index in [1.807, 2.05) is 24.4 Å². The Bertz CT molecular complexity index is 916. The number of carbonyl (C=O) groups excluding carboxylic acids is 1. The maximum atomic E-state index is 12.3. The molecule has 0 radical (unpaired) electrons. The van der Waals surface area contributed by atoms with Gasteiger partial charge in [-0.2, -0.15) is 0 Å². The molecule has 2 N–H and O–H groups in total. The van der Waals surface area contributed by atoms with E-state index in [0.717, 1.165) is 26.6 Å². The highest BCUT2D eigenvalue weighted by molar-refractivity contribution is 9.10. The lowest BCUT2D eigenvalue weighted by Gasteiger charge is -2.16. The number of amides is 1. The van der Waals surface area contributed by atoms with Gasteiger partial charge in [0.15, 0.2) is 0 Å². The van der Waals surface area contributed by atoms with E-state index < -0.39 is 0 Å². The first kappa shape index (κ1) is 16.3. The summed E-state index contributed by atoms with van der Waals surface area (Å²) in [5.74, 6) is -0.209. The van der Waals surface area contributed by atoms with Gasteiger partial charge in [0.1, 0.15) is 11.4 Å². The Kier molecular flexibility index (Phi) is 4.40. The van der Waals surface area contributed by atoms with Gasteiger partial charge in [-0.3, -0.25) is 4.79 Å². The molecule has 2 aromatic heterocycles. The van der Waals surface area contributed by atoms with Crippen molar-refractivity contribution >= 4 is 32.9 Å². The topological polar surface area (TPSA) is 69.2 Å². The molecule has 24 heavy (non-hydrogen) atoms. The molecular formula is C18H16BrN3O2. The quantitative estimate of drug-likeness (QED) is 0.663. The molecule has 0 saturated carbocycles. The van der Waals surface area contributed by atoms with E-state index in [4.69, 9.17) is 0 Å². The van der Waals surface area contributed by atoms with Gasteiger partial charge in [0.2, 0.25) is 0 Å². The zero-order chi connectivity index (χ0) is 17.3. The van der Waals surface area contributed by atoms with Gasteiger partial charge in [-0.1, -0.05) is 18.7 Å². The fourth-order valence-electron chi connectivity index (χ4n) is 2.58. The summed E-state index contributed by atoms with van der Waals surface area (Å²) in [4.78, 5) is 21.2. The van der Waals surface area contributed by atoms with Gasteiger partial charge in [-0.05, 0) is 39.7 Å². The Morgan fingerprint density at radius 2 is 2.08 bits per heavy atom. The smallest absolute Gasteiger partial charge is 0.254 e. The summed E-state index contributed by atoms with van der Waals surface area (Å²) in [5.41, 5.74) is 3.39. The number of likely N-dealkylation sites (N-methyl/N-ethyl adjacent to an activating group) is 1. The molecule has 0 aliphatic heterocycles. The zero-order valence-electron chi connectivity index (χ0n) is 13.1. The maximum absolute atomic E-state index is 12.3. The first-order valence-electron chi connectivity index (χ1n) is 7.31. The number of carbonyl (C=O) groups is 1. The number of aromatic nitrogens is 2. The number of aliphatic hydroxyl groups excluding tert-OH is 1. The molecular weight excluding hydrogens is 370 g/mol. The van der Waals surface area contributed by atoms with Crippen molar-refractivity contribution < 1.29 is 9.90 Å². The molecule has 6 heteroatoms. The molecule has 122 valence electrons. The number of halogens is 1. The lowest BCUT2D eigenvalue weighted by Crippen LogP contribution is -2.28.